The molecule has 2 N–H and O–H groups in total. The maximum absolute atomic E-state index is 12.3. The van der Waals surface area contributed by atoms with E-state index in [0.29, 0.717) is 16.7 Å². The standard InChI is InChI=1S/C14H26N2O2S3/c1-5-6-15-9-13-12(3)7-14(20-13)21(17,18)16-8-11(2)10-19-4/h7,11,15-16H,5-6,8-10H2,1-4H3. The van der Waals surface area contributed by atoms with Crippen molar-refractivity contribution in [2.24, 2.45) is 5.92 Å². The van der Waals surface area contributed by atoms with Gasteiger partial charge in [-0.25, -0.2) is 13.1 Å². The van der Waals surface area contributed by atoms with Gasteiger partial charge in [0.05, 0.1) is 0 Å². The molecule has 0 saturated carbocycles. The number of nitrogens with one attached hydrogen (secondary N) is 2. The predicted molar refractivity (Wildman–Crippen MR) is 93.8 cm³/mol. The fraction of sp³-hybridized carbons (Fsp3) is 0.714. The van der Waals surface area contributed by atoms with Crippen LogP contribution in [0.4, 0.5) is 0 Å². The van der Waals surface area contributed by atoms with Gasteiger partial charge in [0.1, 0.15) is 4.21 Å². The Hall–Kier alpha value is -0.0800. The molecular formula is C14H26N2O2S3. The van der Waals surface area contributed by atoms with Gasteiger partial charge in [0.25, 0.3) is 0 Å². The van der Waals surface area contributed by atoms with E-state index in [9.17, 15) is 8.42 Å². The summed E-state index contributed by atoms with van der Waals surface area (Å²) in [6, 6.07) is 1.77. The molecule has 1 rings (SSSR count). The number of hydrogen-bond acceptors (Lipinski definition) is 5. The number of hydrogen-bond donors (Lipinski definition) is 2. The first-order valence-electron chi connectivity index (χ1n) is 7.19. The van der Waals surface area contributed by atoms with Crippen molar-refractivity contribution in [3.05, 3.63) is 16.5 Å². The molecule has 0 aliphatic heterocycles. The largest absolute Gasteiger partial charge is 0.312 e. The molecule has 1 aromatic rings. The summed E-state index contributed by atoms with van der Waals surface area (Å²) < 4.78 is 27.8. The van der Waals surface area contributed by atoms with Gasteiger partial charge < -0.3 is 5.32 Å². The molecule has 21 heavy (non-hydrogen) atoms. The lowest BCUT2D eigenvalue weighted by molar-refractivity contribution is 0.564. The molecule has 1 unspecified atom stereocenters. The third-order valence-electron chi connectivity index (χ3n) is 3.05. The number of aryl methyl sites for hydroxylation is 1. The van der Waals surface area contributed by atoms with Crippen molar-refractivity contribution in [3.63, 3.8) is 0 Å². The highest BCUT2D eigenvalue weighted by molar-refractivity contribution is 7.98. The molecule has 0 spiro atoms. The van der Waals surface area contributed by atoms with E-state index < -0.39 is 10.0 Å². The van der Waals surface area contributed by atoms with Gasteiger partial charge in [-0.2, -0.15) is 11.8 Å². The van der Waals surface area contributed by atoms with Crippen LogP contribution in [0.5, 0.6) is 0 Å². The molecule has 0 amide bonds. The first-order chi connectivity index (χ1) is 9.90. The predicted octanol–water partition coefficient (Wildman–Crippen LogP) is 2.83. The van der Waals surface area contributed by atoms with Crippen LogP contribution in [0, 0.1) is 12.8 Å². The molecule has 1 aromatic heterocycles. The van der Waals surface area contributed by atoms with Gasteiger partial charge in [-0.3, -0.25) is 0 Å². The van der Waals surface area contributed by atoms with E-state index in [1.165, 1.54) is 11.3 Å². The smallest absolute Gasteiger partial charge is 0.250 e. The van der Waals surface area contributed by atoms with Crippen LogP contribution in [-0.2, 0) is 16.6 Å². The van der Waals surface area contributed by atoms with Gasteiger partial charge in [0, 0.05) is 18.0 Å². The molecule has 4 nitrogen and oxygen atoms in total. The lowest BCUT2D eigenvalue weighted by atomic mass is 10.2. The highest BCUT2D eigenvalue weighted by Crippen LogP contribution is 2.26. The summed E-state index contributed by atoms with van der Waals surface area (Å²) in [6.45, 7) is 8.31. The first-order valence-corrected chi connectivity index (χ1v) is 10.9. The summed E-state index contributed by atoms with van der Waals surface area (Å²) in [5.74, 6) is 1.29. The summed E-state index contributed by atoms with van der Waals surface area (Å²) in [5.41, 5.74) is 1.04. The first kappa shape index (κ1) is 19.0. The van der Waals surface area contributed by atoms with Gasteiger partial charge in [0.2, 0.25) is 10.0 Å². The van der Waals surface area contributed by atoms with Crippen molar-refractivity contribution >= 4 is 33.1 Å². The van der Waals surface area contributed by atoms with Crippen LogP contribution in [0.25, 0.3) is 0 Å². The maximum atomic E-state index is 12.3. The lowest BCUT2D eigenvalue weighted by Gasteiger charge is -2.10. The van der Waals surface area contributed by atoms with Crippen LogP contribution >= 0.6 is 23.1 Å². The number of thiophene rings is 1. The molecule has 7 heteroatoms. The topological polar surface area (TPSA) is 58.2 Å². The molecular weight excluding hydrogens is 324 g/mol. The summed E-state index contributed by atoms with van der Waals surface area (Å²) in [5, 5.41) is 3.32. The van der Waals surface area contributed by atoms with Crippen LogP contribution in [0.3, 0.4) is 0 Å². The molecule has 0 fully saturated rings. The summed E-state index contributed by atoms with van der Waals surface area (Å²) >= 11 is 3.10. The molecule has 0 saturated heterocycles. The lowest BCUT2D eigenvalue weighted by Crippen LogP contribution is -2.28. The number of rotatable bonds is 10. The Morgan fingerprint density at radius 2 is 2.14 bits per heavy atom. The van der Waals surface area contributed by atoms with E-state index in [0.717, 1.165) is 35.7 Å². The normalized spacial score (nSPS) is 13.5. The minimum absolute atomic E-state index is 0.335. The van der Waals surface area contributed by atoms with E-state index in [2.05, 4.69) is 23.9 Å². The fourth-order valence-corrected chi connectivity index (χ4v) is 5.30. The van der Waals surface area contributed by atoms with Crippen molar-refractivity contribution in [3.8, 4) is 0 Å². The van der Waals surface area contributed by atoms with Crippen molar-refractivity contribution in [2.75, 3.05) is 25.1 Å². The molecule has 1 heterocycles. The van der Waals surface area contributed by atoms with E-state index in [-0.39, 0.29) is 0 Å². The van der Waals surface area contributed by atoms with Crippen LogP contribution in [0.15, 0.2) is 10.3 Å². The van der Waals surface area contributed by atoms with Crippen molar-refractivity contribution in [2.45, 2.75) is 37.9 Å². The third kappa shape index (κ3) is 6.28. The van der Waals surface area contributed by atoms with Crippen molar-refractivity contribution < 1.29 is 8.42 Å². The molecule has 0 aromatic carbocycles. The fourth-order valence-electron chi connectivity index (χ4n) is 1.84. The highest BCUT2D eigenvalue weighted by atomic mass is 32.2. The average Bonchev–Trinajstić information content (AvgIpc) is 2.80. The summed E-state index contributed by atoms with van der Waals surface area (Å²) in [7, 11) is -3.37. The quantitative estimate of drug-likeness (QED) is 0.637. The Bertz CT molecular complexity index is 526. The molecule has 0 bridgehead atoms. The molecule has 1 atom stereocenters. The van der Waals surface area contributed by atoms with Crippen LogP contribution < -0.4 is 10.0 Å². The number of sulfonamides is 1. The zero-order chi connectivity index (χ0) is 15.9. The zero-order valence-electron chi connectivity index (χ0n) is 13.2. The Labute approximate surface area is 137 Å². The SMILES string of the molecule is CCCNCc1sc(S(=O)(=O)NCC(C)CSC)cc1C. The van der Waals surface area contributed by atoms with Gasteiger partial charge in [-0.05, 0) is 49.4 Å². The molecule has 122 valence electrons. The van der Waals surface area contributed by atoms with Crippen LogP contribution in [-0.4, -0.2) is 33.5 Å². The second kappa shape index (κ2) is 9.15. The van der Waals surface area contributed by atoms with Gasteiger partial charge in [0.15, 0.2) is 0 Å². The summed E-state index contributed by atoms with van der Waals surface area (Å²) in [4.78, 5) is 1.10. The van der Waals surface area contributed by atoms with E-state index in [1.807, 2.05) is 13.2 Å². The zero-order valence-corrected chi connectivity index (χ0v) is 15.7. The minimum atomic E-state index is -3.37. The van der Waals surface area contributed by atoms with Gasteiger partial charge >= 0.3 is 0 Å². The van der Waals surface area contributed by atoms with E-state index in [4.69, 9.17) is 0 Å². The van der Waals surface area contributed by atoms with Gasteiger partial charge in [-0.15, -0.1) is 11.3 Å². The van der Waals surface area contributed by atoms with Crippen molar-refractivity contribution in [1.82, 2.24) is 10.0 Å². The second-order valence-corrected chi connectivity index (χ2v) is 9.30. The van der Waals surface area contributed by atoms with Crippen molar-refractivity contribution in [1.29, 1.82) is 0 Å². The Kier molecular flexibility index (Phi) is 8.26. The minimum Gasteiger partial charge on any atom is -0.312 e. The second-order valence-electron chi connectivity index (χ2n) is 5.26. The Morgan fingerprint density at radius 3 is 2.76 bits per heavy atom. The highest BCUT2D eigenvalue weighted by Gasteiger charge is 2.19. The summed E-state index contributed by atoms with van der Waals surface area (Å²) in [6.07, 6.45) is 3.10. The van der Waals surface area contributed by atoms with Crippen LogP contribution in [0.1, 0.15) is 30.7 Å². The Balaban J connectivity index is 2.68. The third-order valence-corrected chi connectivity index (χ3v) is 7.08. The van der Waals surface area contributed by atoms with E-state index >= 15 is 0 Å². The van der Waals surface area contributed by atoms with E-state index in [1.54, 1.807) is 17.8 Å². The molecule has 0 aliphatic rings. The maximum Gasteiger partial charge on any atom is 0.250 e. The monoisotopic (exact) mass is 350 g/mol. The average molecular weight is 351 g/mol. The number of thioether (sulfide) groups is 1. The molecule has 0 radical (unpaired) electrons. The van der Waals surface area contributed by atoms with Gasteiger partial charge in [-0.1, -0.05) is 13.8 Å². The van der Waals surface area contributed by atoms with Crippen LogP contribution in [0.2, 0.25) is 0 Å². The molecule has 0 aliphatic carbocycles. The Morgan fingerprint density at radius 1 is 1.43 bits per heavy atom.